The topological polar surface area (TPSA) is 121 Å². The van der Waals surface area contributed by atoms with Crippen LogP contribution in [0.5, 0.6) is 5.75 Å². The standard InChI is InChI=1S/C32H45ClN6O3/c1-35-30-26(19-22(13-16-36-30)31(40)38-23-9-3-2-4-10-23)29(34)37-24-11-12-28(27(33)20-24)42-25-14-17-39(18-15-25)32(41)21-7-5-6-8-21/h11-12,19-21,23,25,35-36H,2-10,13-18H2,1H3,(H2,34,37)(H,38,40). The Morgan fingerprint density at radius 2 is 1.76 bits per heavy atom. The van der Waals surface area contributed by atoms with Gasteiger partial charge in [0.15, 0.2) is 0 Å². The van der Waals surface area contributed by atoms with Crippen LogP contribution in [0, 0.1) is 5.92 Å². The average molecular weight is 597 g/mol. The van der Waals surface area contributed by atoms with Crippen molar-refractivity contribution < 1.29 is 14.3 Å². The summed E-state index contributed by atoms with van der Waals surface area (Å²) in [5.41, 5.74) is 8.43. The number of carbonyl (C=O) groups excluding carboxylic acids is 2. The van der Waals surface area contributed by atoms with E-state index in [1.54, 1.807) is 6.07 Å². The second-order valence-electron chi connectivity index (χ2n) is 11.9. The van der Waals surface area contributed by atoms with Crippen molar-refractivity contribution in [2.24, 2.45) is 16.6 Å². The second kappa shape index (κ2) is 14.3. The summed E-state index contributed by atoms with van der Waals surface area (Å²) in [6.07, 6.45) is 14.0. The van der Waals surface area contributed by atoms with Gasteiger partial charge < -0.3 is 31.3 Å². The number of likely N-dealkylation sites (tertiary alicyclic amines) is 1. The second-order valence-corrected chi connectivity index (χ2v) is 12.3. The molecule has 1 aromatic rings. The van der Waals surface area contributed by atoms with E-state index < -0.39 is 0 Å². The highest BCUT2D eigenvalue weighted by molar-refractivity contribution is 6.32. The zero-order valence-corrected chi connectivity index (χ0v) is 25.5. The molecular weight excluding hydrogens is 552 g/mol. The van der Waals surface area contributed by atoms with E-state index in [0.717, 1.165) is 70.3 Å². The molecule has 0 radical (unpaired) electrons. The van der Waals surface area contributed by atoms with Crippen LogP contribution in [-0.4, -0.2) is 61.4 Å². The number of hydrogen-bond acceptors (Lipinski definition) is 6. The van der Waals surface area contributed by atoms with Crippen LogP contribution in [0.2, 0.25) is 5.02 Å². The summed E-state index contributed by atoms with van der Waals surface area (Å²) in [4.78, 5) is 32.5. The minimum atomic E-state index is -0.0374. The lowest BCUT2D eigenvalue weighted by Gasteiger charge is -2.33. The Kier molecular flexibility index (Phi) is 10.3. The SMILES string of the molecule is CNC1=C(C(N)=Nc2ccc(OC3CCN(C(=O)C4CCCC4)CC3)c(Cl)c2)C=C(C(=O)NC2CCCCC2)CCN1. The molecule has 0 unspecified atom stereocenters. The van der Waals surface area contributed by atoms with E-state index in [1.165, 1.54) is 19.3 Å². The fourth-order valence-electron chi connectivity index (χ4n) is 6.52. The Morgan fingerprint density at radius 3 is 2.45 bits per heavy atom. The Morgan fingerprint density at radius 1 is 1.05 bits per heavy atom. The molecule has 0 spiro atoms. The first-order chi connectivity index (χ1) is 20.4. The number of benzene rings is 1. The van der Waals surface area contributed by atoms with E-state index in [4.69, 9.17) is 22.1 Å². The number of ether oxygens (including phenoxy) is 1. The Hall–Kier alpha value is -3.20. The summed E-state index contributed by atoms with van der Waals surface area (Å²) in [6, 6.07) is 5.63. The maximum Gasteiger partial charge on any atom is 0.247 e. The molecule has 2 aliphatic heterocycles. The highest BCUT2D eigenvalue weighted by Crippen LogP contribution is 2.33. The maximum absolute atomic E-state index is 13.1. The van der Waals surface area contributed by atoms with Gasteiger partial charge in [0.05, 0.1) is 16.3 Å². The molecule has 1 saturated heterocycles. The third-order valence-electron chi connectivity index (χ3n) is 8.96. The van der Waals surface area contributed by atoms with Crippen LogP contribution in [0.4, 0.5) is 5.69 Å². The van der Waals surface area contributed by atoms with Gasteiger partial charge in [-0.15, -0.1) is 0 Å². The molecule has 2 amide bonds. The first-order valence-corrected chi connectivity index (χ1v) is 16.1. The molecule has 228 valence electrons. The number of carbonyl (C=O) groups is 2. The highest BCUT2D eigenvalue weighted by atomic mass is 35.5. The number of nitrogens with zero attached hydrogens (tertiary/aromatic N) is 2. The van der Waals surface area contributed by atoms with Crippen LogP contribution in [0.15, 0.2) is 46.2 Å². The van der Waals surface area contributed by atoms with E-state index >= 15 is 0 Å². The van der Waals surface area contributed by atoms with Crippen LogP contribution < -0.4 is 26.4 Å². The number of aliphatic imine (C=N–C) groups is 1. The molecule has 2 aliphatic carbocycles. The smallest absolute Gasteiger partial charge is 0.247 e. The molecule has 1 aromatic carbocycles. The quantitative estimate of drug-likeness (QED) is 0.255. The van der Waals surface area contributed by atoms with Gasteiger partial charge >= 0.3 is 0 Å². The van der Waals surface area contributed by atoms with Crippen LogP contribution in [-0.2, 0) is 9.59 Å². The van der Waals surface area contributed by atoms with Crippen molar-refractivity contribution in [3.63, 3.8) is 0 Å². The van der Waals surface area contributed by atoms with Gasteiger partial charge in [-0.3, -0.25) is 9.59 Å². The van der Waals surface area contributed by atoms with E-state index in [2.05, 4.69) is 20.9 Å². The number of halogens is 1. The number of hydrogen-bond donors (Lipinski definition) is 4. The Balaban J connectivity index is 1.23. The number of nitrogens with two attached hydrogens (primary N) is 1. The van der Waals surface area contributed by atoms with E-state index in [-0.39, 0.29) is 29.8 Å². The normalized spacial score (nSPS) is 21.4. The first-order valence-electron chi connectivity index (χ1n) is 15.7. The highest BCUT2D eigenvalue weighted by Gasteiger charge is 2.31. The van der Waals surface area contributed by atoms with Crippen molar-refractivity contribution in [1.82, 2.24) is 20.9 Å². The predicted octanol–water partition coefficient (Wildman–Crippen LogP) is 4.69. The maximum atomic E-state index is 13.1. The van der Waals surface area contributed by atoms with Gasteiger partial charge in [-0.25, -0.2) is 4.99 Å². The molecule has 4 aliphatic rings. The van der Waals surface area contributed by atoms with Crippen molar-refractivity contribution in [3.05, 3.63) is 46.3 Å². The summed E-state index contributed by atoms with van der Waals surface area (Å²) < 4.78 is 6.24. The van der Waals surface area contributed by atoms with Crippen molar-refractivity contribution in [1.29, 1.82) is 0 Å². The molecule has 10 heteroatoms. The molecule has 0 bridgehead atoms. The van der Waals surface area contributed by atoms with E-state index in [0.29, 0.717) is 46.5 Å². The number of amides is 2. The molecular formula is C32H45ClN6O3. The van der Waals surface area contributed by atoms with Crippen molar-refractivity contribution >= 4 is 34.9 Å². The molecule has 2 saturated carbocycles. The predicted molar refractivity (Wildman–Crippen MR) is 167 cm³/mol. The van der Waals surface area contributed by atoms with Gasteiger partial charge in [0, 0.05) is 57.1 Å². The van der Waals surface area contributed by atoms with Gasteiger partial charge in [-0.05, 0) is 56.4 Å². The van der Waals surface area contributed by atoms with E-state index in [1.807, 2.05) is 30.2 Å². The molecule has 42 heavy (non-hydrogen) atoms. The van der Waals surface area contributed by atoms with Gasteiger partial charge in [-0.2, -0.15) is 0 Å². The van der Waals surface area contributed by atoms with Crippen LogP contribution in [0.3, 0.4) is 0 Å². The zero-order chi connectivity index (χ0) is 29.5. The molecule has 2 heterocycles. The van der Waals surface area contributed by atoms with Crippen LogP contribution >= 0.6 is 11.6 Å². The molecule has 0 aromatic heterocycles. The number of amidine groups is 1. The lowest BCUT2D eigenvalue weighted by Crippen LogP contribution is -2.44. The monoisotopic (exact) mass is 596 g/mol. The number of nitrogens with one attached hydrogen (secondary N) is 3. The summed E-state index contributed by atoms with van der Waals surface area (Å²) in [6.45, 7) is 2.06. The first kappa shape index (κ1) is 30.3. The van der Waals surface area contributed by atoms with Crippen molar-refractivity contribution in [2.75, 3.05) is 26.7 Å². The van der Waals surface area contributed by atoms with Crippen molar-refractivity contribution in [3.8, 4) is 5.75 Å². The van der Waals surface area contributed by atoms with Gasteiger partial charge in [0.2, 0.25) is 11.8 Å². The van der Waals surface area contributed by atoms with Crippen LogP contribution in [0.25, 0.3) is 0 Å². The lowest BCUT2D eigenvalue weighted by atomic mass is 9.95. The van der Waals surface area contributed by atoms with Gasteiger partial charge in [0.25, 0.3) is 0 Å². The molecule has 5 rings (SSSR count). The molecule has 5 N–H and O–H groups in total. The lowest BCUT2D eigenvalue weighted by molar-refractivity contribution is -0.137. The van der Waals surface area contributed by atoms with Gasteiger partial charge in [-0.1, -0.05) is 43.7 Å². The number of rotatable bonds is 8. The Labute approximate surface area is 254 Å². The van der Waals surface area contributed by atoms with Crippen molar-refractivity contribution in [2.45, 2.75) is 89.2 Å². The van der Waals surface area contributed by atoms with Gasteiger partial charge in [0.1, 0.15) is 23.5 Å². The summed E-state index contributed by atoms with van der Waals surface area (Å²) in [5.74, 6) is 2.09. The third-order valence-corrected chi connectivity index (χ3v) is 9.25. The number of piperidine rings is 1. The summed E-state index contributed by atoms with van der Waals surface area (Å²) in [5, 5.41) is 10.2. The summed E-state index contributed by atoms with van der Waals surface area (Å²) in [7, 11) is 1.81. The fourth-order valence-corrected chi connectivity index (χ4v) is 6.74. The molecule has 0 atom stereocenters. The van der Waals surface area contributed by atoms with E-state index in [9.17, 15) is 9.59 Å². The minimum absolute atomic E-state index is 0.0123. The third kappa shape index (κ3) is 7.60. The zero-order valence-electron chi connectivity index (χ0n) is 24.7. The molecule has 9 nitrogen and oxygen atoms in total. The van der Waals surface area contributed by atoms with Crippen LogP contribution in [0.1, 0.15) is 77.0 Å². The minimum Gasteiger partial charge on any atom is -0.489 e. The summed E-state index contributed by atoms with van der Waals surface area (Å²) >= 11 is 6.62. The largest absolute Gasteiger partial charge is 0.489 e. The fraction of sp³-hybridized carbons (Fsp3) is 0.594. The average Bonchev–Trinajstić information content (AvgIpc) is 3.45. The Bertz CT molecular complexity index is 1220. The molecule has 3 fully saturated rings.